The summed E-state index contributed by atoms with van der Waals surface area (Å²) < 4.78 is 0. The first-order chi connectivity index (χ1) is 13.2. The number of nitrogens with zero attached hydrogens (tertiary/aromatic N) is 1. The predicted octanol–water partition coefficient (Wildman–Crippen LogP) is 5.55. The number of hydrogen-bond donors (Lipinski definition) is 1. The smallest absolute Gasteiger partial charge is 0.222 e. The van der Waals surface area contributed by atoms with Crippen LogP contribution < -0.4 is 0 Å². The molecule has 140 valence electrons. The zero-order valence-electron chi connectivity index (χ0n) is 15.5. The highest BCUT2D eigenvalue weighted by Gasteiger charge is 2.23. The van der Waals surface area contributed by atoms with Crippen LogP contribution in [0, 0.1) is 0 Å². The summed E-state index contributed by atoms with van der Waals surface area (Å²) in [5.41, 5.74) is 3.74. The molecule has 4 rings (SSSR count). The van der Waals surface area contributed by atoms with Crippen LogP contribution >= 0.6 is 11.6 Å². The number of aromatic nitrogens is 1. The van der Waals surface area contributed by atoms with Crippen LogP contribution in [-0.2, 0) is 11.2 Å². The van der Waals surface area contributed by atoms with Crippen molar-refractivity contribution in [3.8, 4) is 0 Å². The summed E-state index contributed by atoms with van der Waals surface area (Å²) in [6.45, 7) is 1.75. The first-order valence-electron chi connectivity index (χ1n) is 9.79. The van der Waals surface area contributed by atoms with Gasteiger partial charge >= 0.3 is 0 Å². The molecule has 1 saturated heterocycles. The Bertz CT molecular complexity index is 911. The summed E-state index contributed by atoms with van der Waals surface area (Å²) in [6, 6.07) is 16.6. The van der Waals surface area contributed by atoms with Crippen molar-refractivity contribution >= 4 is 28.4 Å². The third kappa shape index (κ3) is 4.19. The standard InChI is InChI=1S/C23H25ClN2O/c24-20-9-10-22-21(15-20)19(16-25-22)7-4-8-23(27)26-13-11-18(12-14-26)17-5-2-1-3-6-17/h1-3,5-6,9-10,15-16,18,25H,4,7-8,11-14H2. The second-order valence-electron chi connectivity index (χ2n) is 7.42. The highest BCUT2D eigenvalue weighted by Crippen LogP contribution is 2.28. The molecule has 3 aromatic rings. The topological polar surface area (TPSA) is 36.1 Å². The largest absolute Gasteiger partial charge is 0.361 e. The average molecular weight is 381 g/mol. The summed E-state index contributed by atoms with van der Waals surface area (Å²) in [4.78, 5) is 17.9. The van der Waals surface area contributed by atoms with Gasteiger partial charge in [-0.25, -0.2) is 0 Å². The van der Waals surface area contributed by atoms with Crippen molar-refractivity contribution in [1.82, 2.24) is 9.88 Å². The lowest BCUT2D eigenvalue weighted by Gasteiger charge is -2.32. The molecule has 0 atom stereocenters. The lowest BCUT2D eigenvalue weighted by Crippen LogP contribution is -2.37. The number of benzene rings is 2. The highest BCUT2D eigenvalue weighted by molar-refractivity contribution is 6.31. The number of fused-ring (bicyclic) bond motifs is 1. The Morgan fingerprint density at radius 3 is 2.67 bits per heavy atom. The van der Waals surface area contributed by atoms with Gasteiger partial charge in [0.15, 0.2) is 0 Å². The molecule has 0 bridgehead atoms. The van der Waals surface area contributed by atoms with E-state index in [4.69, 9.17) is 11.6 Å². The van der Waals surface area contributed by atoms with Gasteiger partial charge in [-0.05, 0) is 60.9 Å². The van der Waals surface area contributed by atoms with E-state index in [2.05, 4.69) is 35.3 Å². The fraction of sp³-hybridized carbons (Fsp3) is 0.348. The molecule has 0 spiro atoms. The van der Waals surface area contributed by atoms with Gasteiger partial charge in [0, 0.05) is 41.6 Å². The minimum absolute atomic E-state index is 0.291. The van der Waals surface area contributed by atoms with Crippen molar-refractivity contribution < 1.29 is 4.79 Å². The van der Waals surface area contributed by atoms with E-state index in [9.17, 15) is 4.79 Å². The SMILES string of the molecule is O=C(CCCc1c[nH]c2ccc(Cl)cc12)N1CCC(c2ccccc2)CC1. The lowest BCUT2D eigenvalue weighted by atomic mass is 9.89. The van der Waals surface area contributed by atoms with E-state index in [0.29, 0.717) is 18.2 Å². The first-order valence-corrected chi connectivity index (χ1v) is 10.2. The molecule has 3 nitrogen and oxygen atoms in total. The number of amides is 1. The molecule has 0 aliphatic carbocycles. The number of aromatic amines is 1. The fourth-order valence-electron chi connectivity index (χ4n) is 4.13. The van der Waals surface area contributed by atoms with E-state index < -0.39 is 0 Å². The van der Waals surface area contributed by atoms with Gasteiger partial charge in [-0.1, -0.05) is 41.9 Å². The minimum Gasteiger partial charge on any atom is -0.361 e. The third-order valence-corrected chi connectivity index (χ3v) is 5.92. The molecule has 0 saturated carbocycles. The zero-order chi connectivity index (χ0) is 18.6. The molecular weight excluding hydrogens is 356 g/mol. The van der Waals surface area contributed by atoms with Gasteiger partial charge in [-0.2, -0.15) is 0 Å². The molecule has 0 unspecified atom stereocenters. The Labute approximate surface area is 165 Å². The zero-order valence-corrected chi connectivity index (χ0v) is 16.2. The number of likely N-dealkylation sites (tertiary alicyclic amines) is 1. The number of aryl methyl sites for hydroxylation is 1. The average Bonchev–Trinajstić information content (AvgIpc) is 3.11. The van der Waals surface area contributed by atoms with Crippen LogP contribution in [0.15, 0.2) is 54.7 Å². The van der Waals surface area contributed by atoms with Gasteiger partial charge < -0.3 is 9.88 Å². The van der Waals surface area contributed by atoms with Crippen LogP contribution in [0.25, 0.3) is 10.9 Å². The summed E-state index contributed by atoms with van der Waals surface area (Å²) in [6.07, 6.45) is 6.55. The number of carbonyl (C=O) groups excluding carboxylic acids is 1. The molecule has 27 heavy (non-hydrogen) atoms. The van der Waals surface area contributed by atoms with Gasteiger partial charge in [0.2, 0.25) is 5.91 Å². The molecule has 1 aromatic heterocycles. The van der Waals surface area contributed by atoms with Crippen LogP contribution in [-0.4, -0.2) is 28.9 Å². The number of H-pyrrole nitrogens is 1. The molecule has 2 heterocycles. The molecule has 2 aromatic carbocycles. The van der Waals surface area contributed by atoms with Crippen molar-refractivity contribution in [2.75, 3.05) is 13.1 Å². The molecular formula is C23H25ClN2O. The van der Waals surface area contributed by atoms with Crippen molar-refractivity contribution in [3.05, 3.63) is 70.9 Å². The molecule has 1 N–H and O–H groups in total. The quantitative estimate of drug-likeness (QED) is 0.618. The summed E-state index contributed by atoms with van der Waals surface area (Å²) in [5.74, 6) is 0.880. The normalized spacial score (nSPS) is 15.4. The monoisotopic (exact) mass is 380 g/mol. The van der Waals surface area contributed by atoms with Crippen molar-refractivity contribution in [2.24, 2.45) is 0 Å². The Morgan fingerprint density at radius 1 is 1.11 bits per heavy atom. The van der Waals surface area contributed by atoms with E-state index in [0.717, 1.165) is 49.3 Å². The third-order valence-electron chi connectivity index (χ3n) is 5.68. The van der Waals surface area contributed by atoms with E-state index in [-0.39, 0.29) is 0 Å². The lowest BCUT2D eigenvalue weighted by molar-refractivity contribution is -0.132. The van der Waals surface area contributed by atoms with Gasteiger partial charge in [0.1, 0.15) is 0 Å². The minimum atomic E-state index is 0.291. The number of piperidine rings is 1. The summed E-state index contributed by atoms with van der Waals surface area (Å²) >= 11 is 6.11. The van der Waals surface area contributed by atoms with Crippen LogP contribution in [0.1, 0.15) is 42.7 Å². The van der Waals surface area contributed by atoms with Crippen LogP contribution in [0.5, 0.6) is 0 Å². The molecule has 1 amide bonds. The van der Waals surface area contributed by atoms with Crippen LogP contribution in [0.3, 0.4) is 0 Å². The number of halogens is 1. The Balaban J connectivity index is 1.27. The van der Waals surface area contributed by atoms with E-state index >= 15 is 0 Å². The van der Waals surface area contributed by atoms with Crippen LogP contribution in [0.4, 0.5) is 0 Å². The maximum atomic E-state index is 12.6. The Kier molecular flexibility index (Phi) is 5.49. The molecule has 4 heteroatoms. The van der Waals surface area contributed by atoms with E-state index in [1.807, 2.05) is 29.3 Å². The van der Waals surface area contributed by atoms with E-state index in [1.54, 1.807) is 0 Å². The number of rotatable bonds is 5. The maximum Gasteiger partial charge on any atom is 0.222 e. The Morgan fingerprint density at radius 2 is 1.89 bits per heavy atom. The number of nitrogens with one attached hydrogen (secondary N) is 1. The van der Waals surface area contributed by atoms with Gasteiger partial charge in [-0.15, -0.1) is 0 Å². The molecule has 0 radical (unpaired) electrons. The Hall–Kier alpha value is -2.26. The molecule has 1 aliphatic heterocycles. The first kappa shape index (κ1) is 18.1. The predicted molar refractivity (Wildman–Crippen MR) is 111 cm³/mol. The summed E-state index contributed by atoms with van der Waals surface area (Å²) in [7, 11) is 0. The summed E-state index contributed by atoms with van der Waals surface area (Å²) in [5, 5.41) is 1.92. The van der Waals surface area contributed by atoms with Gasteiger partial charge in [0.05, 0.1) is 0 Å². The van der Waals surface area contributed by atoms with Gasteiger partial charge in [-0.3, -0.25) is 4.79 Å². The van der Waals surface area contributed by atoms with Gasteiger partial charge in [0.25, 0.3) is 0 Å². The molecule has 1 fully saturated rings. The second kappa shape index (κ2) is 8.18. The van der Waals surface area contributed by atoms with Crippen LogP contribution in [0.2, 0.25) is 5.02 Å². The van der Waals surface area contributed by atoms with E-state index in [1.165, 1.54) is 16.5 Å². The van der Waals surface area contributed by atoms with Crippen molar-refractivity contribution in [1.29, 1.82) is 0 Å². The fourth-order valence-corrected chi connectivity index (χ4v) is 4.31. The highest BCUT2D eigenvalue weighted by atomic mass is 35.5. The number of hydrogen-bond acceptors (Lipinski definition) is 1. The van der Waals surface area contributed by atoms with Crippen molar-refractivity contribution in [3.63, 3.8) is 0 Å². The number of carbonyl (C=O) groups is 1. The van der Waals surface area contributed by atoms with Crippen molar-refractivity contribution in [2.45, 2.75) is 38.0 Å². The maximum absolute atomic E-state index is 12.6. The second-order valence-corrected chi connectivity index (χ2v) is 7.86. The molecule has 1 aliphatic rings.